The SMILES string of the molecule is CN1CCCC1=Nc1ccc(S(=O)(=O)/N=C2/CCCN2C)cc1. The van der Waals surface area contributed by atoms with Gasteiger partial charge in [-0.05, 0) is 37.1 Å². The van der Waals surface area contributed by atoms with Crippen molar-refractivity contribution in [1.82, 2.24) is 9.80 Å². The maximum atomic E-state index is 12.4. The van der Waals surface area contributed by atoms with Gasteiger partial charge >= 0.3 is 0 Å². The van der Waals surface area contributed by atoms with Crippen LogP contribution in [0.1, 0.15) is 25.7 Å². The molecule has 2 heterocycles. The largest absolute Gasteiger partial charge is 0.363 e. The van der Waals surface area contributed by atoms with Crippen LogP contribution in [-0.4, -0.2) is 57.1 Å². The van der Waals surface area contributed by atoms with Gasteiger partial charge in [0, 0.05) is 40.0 Å². The lowest BCUT2D eigenvalue weighted by molar-refractivity contribution is 0.548. The van der Waals surface area contributed by atoms with Crippen molar-refractivity contribution in [1.29, 1.82) is 0 Å². The molecule has 2 aliphatic rings. The number of rotatable bonds is 3. The maximum Gasteiger partial charge on any atom is 0.283 e. The van der Waals surface area contributed by atoms with E-state index in [1.54, 1.807) is 24.3 Å². The Balaban J connectivity index is 1.81. The summed E-state index contributed by atoms with van der Waals surface area (Å²) in [5, 5.41) is 0. The van der Waals surface area contributed by atoms with Gasteiger partial charge < -0.3 is 9.80 Å². The highest BCUT2D eigenvalue weighted by Gasteiger charge is 2.20. The van der Waals surface area contributed by atoms with E-state index in [-0.39, 0.29) is 4.90 Å². The molecule has 0 amide bonds. The fourth-order valence-electron chi connectivity index (χ4n) is 2.88. The fourth-order valence-corrected chi connectivity index (χ4v) is 3.97. The van der Waals surface area contributed by atoms with E-state index in [0.717, 1.165) is 43.9 Å². The van der Waals surface area contributed by atoms with Crippen molar-refractivity contribution < 1.29 is 8.42 Å². The Hall–Kier alpha value is -1.89. The summed E-state index contributed by atoms with van der Waals surface area (Å²) in [4.78, 5) is 8.83. The van der Waals surface area contributed by atoms with Crippen LogP contribution in [-0.2, 0) is 10.0 Å². The normalized spacial score (nSPS) is 22.5. The van der Waals surface area contributed by atoms with Gasteiger partial charge in [0.15, 0.2) is 0 Å². The third-order valence-electron chi connectivity index (χ3n) is 4.29. The van der Waals surface area contributed by atoms with Crippen LogP contribution in [0, 0.1) is 0 Å². The first-order valence-corrected chi connectivity index (χ1v) is 9.33. The highest BCUT2D eigenvalue weighted by atomic mass is 32.2. The molecule has 23 heavy (non-hydrogen) atoms. The number of amidine groups is 2. The van der Waals surface area contributed by atoms with Crippen LogP contribution in [0.5, 0.6) is 0 Å². The van der Waals surface area contributed by atoms with E-state index in [1.165, 1.54) is 0 Å². The van der Waals surface area contributed by atoms with Crippen LogP contribution in [0.2, 0.25) is 0 Å². The van der Waals surface area contributed by atoms with Gasteiger partial charge in [0.05, 0.1) is 10.6 Å². The first-order chi connectivity index (χ1) is 11.0. The third kappa shape index (κ3) is 3.55. The molecular weight excluding hydrogens is 312 g/mol. The van der Waals surface area contributed by atoms with E-state index < -0.39 is 10.0 Å². The highest BCUT2D eigenvalue weighted by Crippen LogP contribution is 2.22. The number of benzene rings is 1. The molecule has 7 heteroatoms. The van der Waals surface area contributed by atoms with Crippen LogP contribution < -0.4 is 0 Å². The molecule has 0 bridgehead atoms. The first kappa shape index (κ1) is 16.0. The lowest BCUT2D eigenvalue weighted by Gasteiger charge is -2.11. The zero-order valence-electron chi connectivity index (χ0n) is 13.6. The minimum atomic E-state index is -3.64. The Labute approximate surface area is 137 Å². The van der Waals surface area contributed by atoms with Crippen molar-refractivity contribution in [3.05, 3.63) is 24.3 Å². The van der Waals surface area contributed by atoms with E-state index in [4.69, 9.17) is 0 Å². The molecule has 0 aromatic heterocycles. The molecule has 1 aromatic rings. The number of likely N-dealkylation sites (tertiary alicyclic amines) is 2. The van der Waals surface area contributed by atoms with Gasteiger partial charge in [-0.2, -0.15) is 8.42 Å². The second-order valence-electron chi connectivity index (χ2n) is 6.05. The van der Waals surface area contributed by atoms with Crippen LogP contribution in [0.25, 0.3) is 0 Å². The molecule has 1 aromatic carbocycles. The highest BCUT2D eigenvalue weighted by molar-refractivity contribution is 7.90. The van der Waals surface area contributed by atoms with E-state index in [9.17, 15) is 8.42 Å². The van der Waals surface area contributed by atoms with Crippen molar-refractivity contribution in [2.75, 3.05) is 27.2 Å². The Morgan fingerprint density at radius 2 is 1.48 bits per heavy atom. The summed E-state index contributed by atoms with van der Waals surface area (Å²) in [6.07, 6.45) is 3.76. The fraction of sp³-hybridized carbons (Fsp3) is 0.500. The van der Waals surface area contributed by atoms with Crippen LogP contribution >= 0.6 is 0 Å². The Bertz CT molecular complexity index is 738. The molecule has 2 saturated heterocycles. The Morgan fingerprint density at radius 1 is 0.913 bits per heavy atom. The predicted molar refractivity (Wildman–Crippen MR) is 91.9 cm³/mol. The molecule has 124 valence electrons. The van der Waals surface area contributed by atoms with Gasteiger partial charge in [-0.25, -0.2) is 4.99 Å². The summed E-state index contributed by atoms with van der Waals surface area (Å²) in [6, 6.07) is 6.65. The summed E-state index contributed by atoms with van der Waals surface area (Å²) < 4.78 is 28.7. The van der Waals surface area contributed by atoms with E-state index in [2.05, 4.69) is 14.3 Å². The van der Waals surface area contributed by atoms with Crippen LogP contribution in [0.3, 0.4) is 0 Å². The van der Waals surface area contributed by atoms with Crippen LogP contribution in [0.4, 0.5) is 5.69 Å². The zero-order valence-corrected chi connectivity index (χ0v) is 14.4. The third-order valence-corrected chi connectivity index (χ3v) is 5.61. The molecule has 0 N–H and O–H groups in total. The monoisotopic (exact) mass is 334 g/mol. The number of hydrogen-bond donors (Lipinski definition) is 0. The van der Waals surface area contributed by atoms with Gasteiger partial charge in [0.25, 0.3) is 10.0 Å². The van der Waals surface area contributed by atoms with E-state index in [0.29, 0.717) is 12.3 Å². The molecule has 6 nitrogen and oxygen atoms in total. The van der Waals surface area contributed by atoms with Gasteiger partial charge in [-0.1, -0.05) is 0 Å². The van der Waals surface area contributed by atoms with E-state index >= 15 is 0 Å². The molecule has 0 spiro atoms. The number of hydrogen-bond acceptors (Lipinski definition) is 3. The van der Waals surface area contributed by atoms with Crippen molar-refractivity contribution >= 4 is 27.4 Å². The minimum Gasteiger partial charge on any atom is -0.363 e. The smallest absolute Gasteiger partial charge is 0.283 e. The summed E-state index contributed by atoms with van der Waals surface area (Å²) in [5.41, 5.74) is 0.776. The second-order valence-corrected chi connectivity index (χ2v) is 7.66. The average molecular weight is 334 g/mol. The van der Waals surface area contributed by atoms with Crippen molar-refractivity contribution in [2.45, 2.75) is 30.6 Å². The van der Waals surface area contributed by atoms with Gasteiger partial charge in [-0.15, -0.1) is 4.40 Å². The molecule has 0 atom stereocenters. The zero-order chi connectivity index (χ0) is 16.4. The molecular formula is C16H22N4O2S. The molecule has 0 unspecified atom stereocenters. The molecule has 0 saturated carbocycles. The number of aliphatic imine (C=N–C) groups is 1. The lowest BCUT2D eigenvalue weighted by Crippen LogP contribution is -2.20. The molecule has 2 fully saturated rings. The Morgan fingerprint density at radius 3 is 2.00 bits per heavy atom. The lowest BCUT2D eigenvalue weighted by atomic mass is 10.3. The average Bonchev–Trinajstić information content (AvgIpc) is 3.09. The second kappa shape index (κ2) is 6.31. The Kier molecular flexibility index (Phi) is 4.39. The summed E-state index contributed by atoms with van der Waals surface area (Å²) in [6.45, 7) is 1.88. The number of sulfonamides is 1. The quantitative estimate of drug-likeness (QED) is 0.850. The van der Waals surface area contributed by atoms with Gasteiger partial charge in [-0.3, -0.25) is 0 Å². The van der Waals surface area contributed by atoms with Crippen LogP contribution in [0.15, 0.2) is 38.6 Å². The van der Waals surface area contributed by atoms with Crippen molar-refractivity contribution in [2.24, 2.45) is 9.39 Å². The molecule has 0 aliphatic carbocycles. The van der Waals surface area contributed by atoms with Gasteiger partial charge in [0.1, 0.15) is 11.7 Å². The minimum absolute atomic E-state index is 0.217. The summed E-state index contributed by atoms with van der Waals surface area (Å²) in [7, 11) is 0.256. The standard InChI is InChI=1S/C16H22N4O2S/c1-19-11-3-5-15(19)17-13-7-9-14(10-8-13)23(21,22)18-16-6-4-12-20(16)2/h7-10H,3-6,11-12H2,1-2H3/b17-15?,18-16-. The maximum absolute atomic E-state index is 12.4. The number of nitrogens with zero attached hydrogens (tertiary/aromatic N) is 4. The summed E-state index contributed by atoms with van der Waals surface area (Å²) >= 11 is 0. The molecule has 0 radical (unpaired) electrons. The van der Waals surface area contributed by atoms with E-state index in [1.807, 2.05) is 19.0 Å². The van der Waals surface area contributed by atoms with Gasteiger partial charge in [0.2, 0.25) is 0 Å². The molecule has 3 rings (SSSR count). The van der Waals surface area contributed by atoms with Crippen molar-refractivity contribution in [3.8, 4) is 0 Å². The first-order valence-electron chi connectivity index (χ1n) is 7.89. The topological polar surface area (TPSA) is 65.3 Å². The summed E-state index contributed by atoms with van der Waals surface area (Å²) in [5.74, 6) is 1.69. The molecule has 2 aliphatic heterocycles. The predicted octanol–water partition coefficient (Wildman–Crippen LogP) is 2.25. The van der Waals surface area contributed by atoms with Crippen molar-refractivity contribution in [3.63, 3.8) is 0 Å².